The number of para-hydroxylation sites is 1. The minimum atomic E-state index is -0.680. The number of aliphatic hydroxyl groups excluding tert-OH is 1. The maximum Gasteiger partial charge on any atom is 0.141 e. The van der Waals surface area contributed by atoms with Crippen molar-refractivity contribution in [2.45, 2.75) is 31.6 Å². The Morgan fingerprint density at radius 1 is 1.25 bits per heavy atom. The summed E-state index contributed by atoms with van der Waals surface area (Å²) < 4.78 is 11.7. The highest BCUT2D eigenvalue weighted by Gasteiger charge is 2.43. The Morgan fingerprint density at radius 3 is 2.83 bits per heavy atom. The number of nitrogens with one attached hydrogen (secondary N) is 2. The van der Waals surface area contributed by atoms with E-state index in [2.05, 4.69) is 10.6 Å². The van der Waals surface area contributed by atoms with Gasteiger partial charge in [0.05, 0.1) is 11.7 Å². The predicted molar refractivity (Wildman–Crippen MR) is 93.3 cm³/mol. The zero-order valence-electron chi connectivity index (χ0n) is 14.0. The molecule has 0 aromatic heterocycles. The van der Waals surface area contributed by atoms with Gasteiger partial charge in [0, 0.05) is 12.7 Å². The highest BCUT2D eigenvalue weighted by atomic mass is 16.5. The van der Waals surface area contributed by atoms with E-state index in [9.17, 15) is 5.11 Å². The Kier molecular flexibility index (Phi) is 4.92. The molecule has 5 nitrogen and oxygen atoms in total. The molecule has 0 fully saturated rings. The second kappa shape index (κ2) is 7.11. The Labute approximate surface area is 142 Å². The van der Waals surface area contributed by atoms with Crippen LogP contribution < -0.4 is 15.4 Å². The Morgan fingerprint density at radius 2 is 2.04 bits per heavy atom. The molecule has 0 spiro atoms. The lowest BCUT2D eigenvalue weighted by atomic mass is 9.89. The van der Waals surface area contributed by atoms with Gasteiger partial charge in [-0.2, -0.15) is 0 Å². The van der Waals surface area contributed by atoms with E-state index in [0.717, 1.165) is 17.2 Å². The normalized spacial score (nSPS) is 24.6. The van der Waals surface area contributed by atoms with Crippen molar-refractivity contribution in [1.29, 1.82) is 0 Å². The van der Waals surface area contributed by atoms with Gasteiger partial charge >= 0.3 is 0 Å². The summed E-state index contributed by atoms with van der Waals surface area (Å²) in [6.07, 6.45) is 6.88. The fourth-order valence-corrected chi connectivity index (χ4v) is 2.85. The first-order valence-electron chi connectivity index (χ1n) is 8.20. The van der Waals surface area contributed by atoms with Crippen LogP contribution >= 0.6 is 0 Å². The zero-order chi connectivity index (χ0) is 17.0. The number of allylic oxidation sites excluding steroid dienone is 3. The summed E-state index contributed by atoms with van der Waals surface area (Å²) in [6.45, 7) is 4.91. The van der Waals surface area contributed by atoms with Crippen LogP contribution in [0.25, 0.3) is 0 Å². The minimum Gasteiger partial charge on any atom is -0.492 e. The van der Waals surface area contributed by atoms with Crippen molar-refractivity contribution in [3.05, 3.63) is 66.2 Å². The van der Waals surface area contributed by atoms with Gasteiger partial charge in [0.15, 0.2) is 0 Å². The maximum absolute atomic E-state index is 10.7. The van der Waals surface area contributed by atoms with Gasteiger partial charge in [-0.25, -0.2) is 0 Å². The van der Waals surface area contributed by atoms with E-state index in [0.29, 0.717) is 13.2 Å². The van der Waals surface area contributed by atoms with Crippen LogP contribution in [-0.4, -0.2) is 36.0 Å². The van der Waals surface area contributed by atoms with Crippen LogP contribution in [0.1, 0.15) is 13.8 Å². The van der Waals surface area contributed by atoms with Crippen LogP contribution in [0.3, 0.4) is 0 Å². The Bertz CT molecular complexity index is 650. The number of benzene rings is 1. The molecule has 2 unspecified atom stereocenters. The van der Waals surface area contributed by atoms with E-state index in [4.69, 9.17) is 9.47 Å². The lowest BCUT2D eigenvalue weighted by Crippen LogP contribution is -2.58. The molecule has 0 saturated heterocycles. The number of rotatable bonds is 5. The maximum atomic E-state index is 10.7. The third kappa shape index (κ3) is 3.63. The molecule has 3 N–H and O–H groups in total. The van der Waals surface area contributed by atoms with Crippen molar-refractivity contribution in [2.24, 2.45) is 0 Å². The standard InChI is InChI=1S/C19H24N2O3/c1-19(2)18(22)17(16-15(24-19)10-6-7-11-20-16)21-12-13-23-14-8-4-3-5-9-14/h3-11,17-18,20-22H,12-13H2,1-2H3. The zero-order valence-corrected chi connectivity index (χ0v) is 14.0. The molecule has 0 bridgehead atoms. The molecule has 2 heterocycles. The molecule has 0 amide bonds. The molecule has 2 aliphatic heterocycles. The van der Waals surface area contributed by atoms with Crippen LogP contribution in [0.2, 0.25) is 0 Å². The molecule has 2 atom stereocenters. The molecule has 0 saturated carbocycles. The summed E-state index contributed by atoms with van der Waals surface area (Å²) in [7, 11) is 0. The second-order valence-corrected chi connectivity index (χ2v) is 6.38. The van der Waals surface area contributed by atoms with Gasteiger partial charge in [0.25, 0.3) is 0 Å². The minimum absolute atomic E-state index is 0.254. The topological polar surface area (TPSA) is 62.8 Å². The van der Waals surface area contributed by atoms with Gasteiger partial charge in [-0.1, -0.05) is 24.3 Å². The van der Waals surface area contributed by atoms with E-state index in [1.165, 1.54) is 0 Å². The molecule has 0 aliphatic carbocycles. The van der Waals surface area contributed by atoms with Gasteiger partial charge in [-0.15, -0.1) is 0 Å². The average molecular weight is 328 g/mol. The molecular weight excluding hydrogens is 304 g/mol. The van der Waals surface area contributed by atoms with Crippen molar-refractivity contribution in [3.63, 3.8) is 0 Å². The fraction of sp³-hybridized carbons (Fsp3) is 0.368. The van der Waals surface area contributed by atoms with Gasteiger partial charge in [0.1, 0.15) is 29.8 Å². The smallest absolute Gasteiger partial charge is 0.141 e. The highest BCUT2D eigenvalue weighted by molar-refractivity contribution is 5.34. The number of aliphatic hydroxyl groups is 1. The quantitative estimate of drug-likeness (QED) is 0.723. The molecular formula is C19H24N2O3. The number of ether oxygens (including phenoxy) is 2. The van der Waals surface area contributed by atoms with Crippen molar-refractivity contribution in [3.8, 4) is 5.75 Å². The van der Waals surface area contributed by atoms with Gasteiger partial charge in [-0.3, -0.25) is 0 Å². The Hall–Kier alpha value is -2.24. The highest BCUT2D eigenvalue weighted by Crippen LogP contribution is 2.32. The van der Waals surface area contributed by atoms with Gasteiger partial charge < -0.3 is 25.2 Å². The van der Waals surface area contributed by atoms with Crippen molar-refractivity contribution >= 4 is 0 Å². The molecule has 1 aromatic carbocycles. The molecule has 0 radical (unpaired) electrons. The molecule has 1 aromatic rings. The lowest BCUT2D eigenvalue weighted by Gasteiger charge is -2.42. The van der Waals surface area contributed by atoms with Crippen LogP contribution in [-0.2, 0) is 4.74 Å². The predicted octanol–water partition coefficient (Wildman–Crippen LogP) is 2.08. The van der Waals surface area contributed by atoms with Crippen LogP contribution in [0.5, 0.6) is 5.75 Å². The molecule has 24 heavy (non-hydrogen) atoms. The average Bonchev–Trinajstić information content (AvgIpc) is 2.80. The first-order valence-corrected chi connectivity index (χ1v) is 8.20. The lowest BCUT2D eigenvalue weighted by molar-refractivity contribution is -0.0932. The first-order chi connectivity index (χ1) is 11.6. The van der Waals surface area contributed by atoms with E-state index < -0.39 is 11.7 Å². The van der Waals surface area contributed by atoms with Crippen molar-refractivity contribution in [2.75, 3.05) is 13.2 Å². The van der Waals surface area contributed by atoms with Crippen LogP contribution in [0.4, 0.5) is 0 Å². The van der Waals surface area contributed by atoms with E-state index in [-0.39, 0.29) is 6.04 Å². The van der Waals surface area contributed by atoms with Crippen LogP contribution in [0, 0.1) is 0 Å². The molecule has 128 valence electrons. The monoisotopic (exact) mass is 328 g/mol. The molecule has 5 heteroatoms. The largest absolute Gasteiger partial charge is 0.492 e. The van der Waals surface area contributed by atoms with Crippen LogP contribution in [0.15, 0.2) is 66.2 Å². The van der Waals surface area contributed by atoms with Gasteiger partial charge in [0.2, 0.25) is 0 Å². The van der Waals surface area contributed by atoms with Gasteiger partial charge in [-0.05, 0) is 38.1 Å². The van der Waals surface area contributed by atoms with Crippen molar-refractivity contribution in [1.82, 2.24) is 10.6 Å². The number of hydrogen-bond donors (Lipinski definition) is 3. The van der Waals surface area contributed by atoms with Crippen molar-refractivity contribution < 1.29 is 14.6 Å². The Balaban J connectivity index is 1.65. The molecule has 3 rings (SSSR count). The SMILES string of the molecule is CC1(C)OC2=C(NC=CC=C2)C(NCCOc2ccccc2)C1O. The summed E-state index contributed by atoms with van der Waals surface area (Å²) in [4.78, 5) is 0. The van der Waals surface area contributed by atoms with E-state index in [1.807, 2.05) is 68.6 Å². The van der Waals surface area contributed by atoms with E-state index >= 15 is 0 Å². The molecule has 2 aliphatic rings. The second-order valence-electron chi connectivity index (χ2n) is 6.38. The third-order valence-electron chi connectivity index (χ3n) is 4.15. The first kappa shape index (κ1) is 16.6. The summed E-state index contributed by atoms with van der Waals surface area (Å²) in [5.74, 6) is 1.59. The fourth-order valence-electron chi connectivity index (χ4n) is 2.85. The van der Waals surface area contributed by atoms with E-state index in [1.54, 1.807) is 0 Å². The summed E-state index contributed by atoms with van der Waals surface area (Å²) in [5, 5.41) is 17.3. The summed E-state index contributed by atoms with van der Waals surface area (Å²) >= 11 is 0. The number of hydrogen-bond acceptors (Lipinski definition) is 5. The third-order valence-corrected chi connectivity index (χ3v) is 4.15. The summed E-state index contributed by atoms with van der Waals surface area (Å²) in [6, 6.07) is 9.44. The summed E-state index contributed by atoms with van der Waals surface area (Å²) in [5.41, 5.74) is 0.166.